The smallest absolute Gasteiger partial charge is 0.264 e. The predicted octanol–water partition coefficient (Wildman–Crippen LogP) is 5.14. The lowest BCUT2D eigenvalue weighted by Gasteiger charge is -2.25. The number of halogens is 1. The molecule has 3 rings (SSSR count). The maximum absolute atomic E-state index is 13.5. The molecular formula is C21H23ClN4O3S3. The molecule has 0 spiro atoms. The standard InChI is InChI=1S/C21H23ClN4O3S3/c1-4-11-30-21-25-24-20(31-21)23-19(27)13-26(18-10-7-16(22)12-15(18)3)32(28,29)17-8-5-14(2)6-9-17/h5-10,12H,4,11,13H2,1-3H3,(H,23,24,27). The Bertz CT molecular complexity index is 1200. The largest absolute Gasteiger partial charge is 0.299 e. The Morgan fingerprint density at radius 3 is 2.53 bits per heavy atom. The number of carbonyl (C=O) groups excluding carboxylic acids is 1. The highest BCUT2D eigenvalue weighted by atomic mass is 35.5. The molecule has 170 valence electrons. The van der Waals surface area contributed by atoms with Gasteiger partial charge in [-0.1, -0.05) is 59.3 Å². The van der Waals surface area contributed by atoms with Crippen molar-refractivity contribution in [2.45, 2.75) is 36.4 Å². The van der Waals surface area contributed by atoms with Crippen molar-refractivity contribution in [2.24, 2.45) is 0 Å². The molecule has 0 saturated heterocycles. The number of hydrogen-bond donors (Lipinski definition) is 1. The van der Waals surface area contributed by atoms with Gasteiger partial charge in [-0.05, 0) is 56.2 Å². The SMILES string of the molecule is CCCSc1nnc(NC(=O)CN(c2ccc(Cl)cc2C)S(=O)(=O)c2ccc(C)cc2)s1. The highest BCUT2D eigenvalue weighted by molar-refractivity contribution is 8.01. The van der Waals surface area contributed by atoms with Gasteiger partial charge in [-0.25, -0.2) is 8.42 Å². The number of amides is 1. The van der Waals surface area contributed by atoms with Crippen LogP contribution in [0.5, 0.6) is 0 Å². The quantitative estimate of drug-likeness (QED) is 0.316. The number of carbonyl (C=O) groups is 1. The van der Waals surface area contributed by atoms with E-state index < -0.39 is 22.5 Å². The van der Waals surface area contributed by atoms with Gasteiger partial charge in [-0.2, -0.15) is 0 Å². The van der Waals surface area contributed by atoms with Crippen molar-refractivity contribution in [2.75, 3.05) is 21.9 Å². The molecule has 0 fully saturated rings. The van der Waals surface area contributed by atoms with Crippen LogP contribution in [0, 0.1) is 13.8 Å². The molecule has 1 aromatic heterocycles. The van der Waals surface area contributed by atoms with E-state index in [0.717, 1.165) is 26.4 Å². The minimum absolute atomic E-state index is 0.0967. The van der Waals surface area contributed by atoms with E-state index in [0.29, 0.717) is 21.4 Å². The maximum Gasteiger partial charge on any atom is 0.264 e. The van der Waals surface area contributed by atoms with Gasteiger partial charge in [-0.3, -0.25) is 14.4 Å². The van der Waals surface area contributed by atoms with E-state index in [1.807, 2.05) is 6.92 Å². The van der Waals surface area contributed by atoms with Crippen LogP contribution in [0.4, 0.5) is 10.8 Å². The molecule has 0 unspecified atom stereocenters. The van der Waals surface area contributed by atoms with E-state index in [-0.39, 0.29) is 4.90 Å². The fraction of sp³-hybridized carbons (Fsp3) is 0.286. The van der Waals surface area contributed by atoms with Crippen molar-refractivity contribution >= 4 is 61.4 Å². The molecule has 0 aliphatic heterocycles. The third-order valence-corrected chi connectivity index (χ3v) is 8.59. The molecule has 0 aliphatic rings. The summed E-state index contributed by atoms with van der Waals surface area (Å²) in [5, 5.41) is 11.5. The first kappa shape index (κ1) is 24.5. The van der Waals surface area contributed by atoms with Crippen molar-refractivity contribution in [3.63, 3.8) is 0 Å². The van der Waals surface area contributed by atoms with Crippen LogP contribution >= 0.6 is 34.7 Å². The van der Waals surface area contributed by atoms with Crippen molar-refractivity contribution in [1.82, 2.24) is 10.2 Å². The van der Waals surface area contributed by atoms with E-state index in [4.69, 9.17) is 11.6 Å². The minimum Gasteiger partial charge on any atom is -0.299 e. The molecule has 0 saturated carbocycles. The third-order valence-electron chi connectivity index (χ3n) is 4.41. The average Bonchev–Trinajstić information content (AvgIpc) is 3.18. The van der Waals surface area contributed by atoms with Gasteiger partial charge in [0, 0.05) is 10.8 Å². The topological polar surface area (TPSA) is 92.3 Å². The van der Waals surface area contributed by atoms with E-state index in [1.165, 1.54) is 23.5 Å². The summed E-state index contributed by atoms with van der Waals surface area (Å²) < 4.78 is 28.8. The van der Waals surface area contributed by atoms with Gasteiger partial charge in [0.25, 0.3) is 10.0 Å². The second kappa shape index (κ2) is 10.7. The Hall–Kier alpha value is -2.14. The van der Waals surface area contributed by atoms with E-state index in [9.17, 15) is 13.2 Å². The molecule has 1 amide bonds. The Morgan fingerprint density at radius 2 is 1.88 bits per heavy atom. The summed E-state index contributed by atoms with van der Waals surface area (Å²) in [7, 11) is -4.01. The molecule has 3 aromatic rings. The molecule has 2 aromatic carbocycles. The van der Waals surface area contributed by atoms with Crippen LogP contribution in [0.3, 0.4) is 0 Å². The first-order valence-corrected chi connectivity index (χ1v) is 13.4. The van der Waals surface area contributed by atoms with Gasteiger partial charge in [0.2, 0.25) is 11.0 Å². The lowest BCUT2D eigenvalue weighted by molar-refractivity contribution is -0.114. The zero-order valence-corrected chi connectivity index (χ0v) is 21.0. The summed E-state index contributed by atoms with van der Waals surface area (Å²) in [5.41, 5.74) is 1.95. The van der Waals surface area contributed by atoms with Gasteiger partial charge in [-0.15, -0.1) is 10.2 Å². The Morgan fingerprint density at radius 1 is 1.16 bits per heavy atom. The average molecular weight is 511 g/mol. The maximum atomic E-state index is 13.5. The molecule has 1 heterocycles. The van der Waals surface area contributed by atoms with Crippen LogP contribution in [0.15, 0.2) is 51.7 Å². The third kappa shape index (κ3) is 6.00. The first-order chi connectivity index (χ1) is 15.2. The number of aryl methyl sites for hydroxylation is 2. The number of aromatic nitrogens is 2. The van der Waals surface area contributed by atoms with Gasteiger partial charge in [0.1, 0.15) is 6.54 Å². The fourth-order valence-corrected chi connectivity index (χ4v) is 6.24. The molecule has 11 heteroatoms. The molecule has 32 heavy (non-hydrogen) atoms. The number of rotatable bonds is 9. The van der Waals surface area contributed by atoms with Crippen molar-refractivity contribution in [3.05, 3.63) is 58.6 Å². The molecular weight excluding hydrogens is 488 g/mol. The van der Waals surface area contributed by atoms with Gasteiger partial charge in [0.05, 0.1) is 10.6 Å². The van der Waals surface area contributed by atoms with E-state index in [2.05, 4.69) is 22.4 Å². The molecule has 7 nitrogen and oxygen atoms in total. The lowest BCUT2D eigenvalue weighted by Crippen LogP contribution is -2.38. The van der Waals surface area contributed by atoms with Crippen LogP contribution in [-0.2, 0) is 14.8 Å². The van der Waals surface area contributed by atoms with E-state index in [1.54, 1.807) is 49.0 Å². The molecule has 0 bridgehead atoms. The summed E-state index contributed by atoms with van der Waals surface area (Å²) >= 11 is 8.88. The van der Waals surface area contributed by atoms with Gasteiger partial charge >= 0.3 is 0 Å². The molecule has 0 radical (unpaired) electrons. The summed E-state index contributed by atoms with van der Waals surface area (Å²) in [5.74, 6) is 0.388. The fourth-order valence-electron chi connectivity index (χ4n) is 2.83. The monoisotopic (exact) mass is 510 g/mol. The van der Waals surface area contributed by atoms with Gasteiger partial charge in [0.15, 0.2) is 4.34 Å². The van der Waals surface area contributed by atoms with Crippen molar-refractivity contribution in [3.8, 4) is 0 Å². The number of thioether (sulfide) groups is 1. The van der Waals surface area contributed by atoms with Crippen molar-refractivity contribution in [1.29, 1.82) is 0 Å². The normalized spacial score (nSPS) is 11.4. The van der Waals surface area contributed by atoms with E-state index >= 15 is 0 Å². The zero-order valence-electron chi connectivity index (χ0n) is 17.8. The second-order valence-corrected chi connectivity index (χ2v) is 11.6. The summed E-state index contributed by atoms with van der Waals surface area (Å²) in [4.78, 5) is 12.9. The Kier molecular flexibility index (Phi) is 8.16. The number of sulfonamides is 1. The van der Waals surface area contributed by atoms with Crippen LogP contribution in [0.1, 0.15) is 24.5 Å². The molecule has 1 N–H and O–H groups in total. The predicted molar refractivity (Wildman–Crippen MR) is 131 cm³/mol. The Labute approximate surface area is 201 Å². The Balaban J connectivity index is 1.89. The number of anilines is 2. The summed E-state index contributed by atoms with van der Waals surface area (Å²) in [6, 6.07) is 11.4. The number of nitrogens with zero attached hydrogens (tertiary/aromatic N) is 3. The number of nitrogens with one attached hydrogen (secondary N) is 1. The lowest BCUT2D eigenvalue weighted by atomic mass is 10.2. The number of benzene rings is 2. The molecule has 0 aliphatic carbocycles. The minimum atomic E-state index is -4.01. The first-order valence-electron chi connectivity index (χ1n) is 9.82. The van der Waals surface area contributed by atoms with Crippen LogP contribution < -0.4 is 9.62 Å². The zero-order chi connectivity index (χ0) is 23.3. The van der Waals surface area contributed by atoms with Crippen LogP contribution in [-0.4, -0.2) is 36.8 Å². The highest BCUT2D eigenvalue weighted by Crippen LogP contribution is 2.30. The summed E-state index contributed by atoms with van der Waals surface area (Å²) in [6.45, 7) is 5.27. The van der Waals surface area contributed by atoms with Crippen LogP contribution in [0.25, 0.3) is 0 Å². The summed E-state index contributed by atoms with van der Waals surface area (Å²) in [6.07, 6.45) is 0.998. The number of hydrogen-bond acceptors (Lipinski definition) is 7. The highest BCUT2D eigenvalue weighted by Gasteiger charge is 2.28. The van der Waals surface area contributed by atoms with Crippen LogP contribution in [0.2, 0.25) is 5.02 Å². The second-order valence-electron chi connectivity index (χ2n) is 7.03. The van der Waals surface area contributed by atoms with Crippen molar-refractivity contribution < 1.29 is 13.2 Å². The molecule has 0 atom stereocenters. The van der Waals surface area contributed by atoms with Gasteiger partial charge < -0.3 is 0 Å².